The predicted molar refractivity (Wildman–Crippen MR) is 77.0 cm³/mol. The van der Waals surface area contributed by atoms with Gasteiger partial charge in [-0.2, -0.15) is 5.10 Å². The van der Waals surface area contributed by atoms with Gasteiger partial charge in [0.25, 0.3) is 0 Å². The molecule has 1 aromatic heterocycles. The van der Waals surface area contributed by atoms with Crippen molar-refractivity contribution in [3.63, 3.8) is 0 Å². The third kappa shape index (κ3) is 2.57. The fourth-order valence-corrected chi connectivity index (χ4v) is 2.37. The van der Waals surface area contributed by atoms with Gasteiger partial charge in [0, 0.05) is 13.5 Å². The summed E-state index contributed by atoms with van der Waals surface area (Å²) in [5.41, 5.74) is 1.94. The molecule has 0 aliphatic carbocycles. The third-order valence-corrected chi connectivity index (χ3v) is 3.38. The minimum absolute atomic E-state index is 0.0676. The quantitative estimate of drug-likeness (QED) is 0.855. The molecule has 1 N–H and O–H groups in total. The Morgan fingerprint density at radius 3 is 3.30 bits per heavy atom. The molecule has 6 nitrogen and oxygen atoms in total. The van der Waals surface area contributed by atoms with Gasteiger partial charge in [-0.1, -0.05) is 11.2 Å². The first-order chi connectivity index (χ1) is 9.78. The van der Waals surface area contributed by atoms with Crippen molar-refractivity contribution in [2.45, 2.75) is 12.5 Å². The average molecular weight is 295 g/mol. The van der Waals surface area contributed by atoms with Crippen LogP contribution in [0, 0.1) is 0 Å². The largest absolute Gasteiger partial charge is 0.489 e. The topological polar surface area (TPSA) is 60.7 Å². The van der Waals surface area contributed by atoms with Crippen LogP contribution in [0.4, 0.5) is 0 Å². The van der Waals surface area contributed by atoms with E-state index in [2.05, 4.69) is 15.1 Å². The van der Waals surface area contributed by atoms with Crippen LogP contribution in [0.1, 0.15) is 6.42 Å². The van der Waals surface area contributed by atoms with Gasteiger partial charge in [0.05, 0.1) is 29.4 Å². The molecule has 0 bridgehead atoms. The van der Waals surface area contributed by atoms with Gasteiger partial charge in [-0.15, -0.1) is 0 Å². The third-order valence-electron chi connectivity index (χ3n) is 3.24. The van der Waals surface area contributed by atoms with Crippen molar-refractivity contribution in [1.82, 2.24) is 14.6 Å². The van der Waals surface area contributed by atoms with E-state index in [-0.39, 0.29) is 6.10 Å². The van der Waals surface area contributed by atoms with Crippen molar-refractivity contribution in [1.29, 1.82) is 0 Å². The number of ether oxygens (including phenoxy) is 1. The van der Waals surface area contributed by atoms with Crippen molar-refractivity contribution >= 4 is 28.4 Å². The SMILES string of the molecule is Cn1ncc2c(OCC3CC(CNCl)=NO3)cccc21. The minimum atomic E-state index is -0.0676. The van der Waals surface area contributed by atoms with Gasteiger partial charge in [-0.05, 0) is 23.9 Å². The monoisotopic (exact) mass is 294 g/mol. The van der Waals surface area contributed by atoms with E-state index in [1.165, 1.54) is 0 Å². The Morgan fingerprint density at radius 1 is 1.55 bits per heavy atom. The molecule has 1 aromatic carbocycles. The maximum absolute atomic E-state index is 5.84. The number of nitrogens with one attached hydrogen (secondary N) is 1. The van der Waals surface area contributed by atoms with E-state index in [0.29, 0.717) is 13.2 Å². The molecule has 0 amide bonds. The summed E-state index contributed by atoms with van der Waals surface area (Å²) in [5, 5.41) is 9.19. The second-order valence-electron chi connectivity index (χ2n) is 4.67. The van der Waals surface area contributed by atoms with Gasteiger partial charge >= 0.3 is 0 Å². The number of oxime groups is 1. The molecule has 0 saturated heterocycles. The highest BCUT2D eigenvalue weighted by molar-refractivity contribution is 6.14. The van der Waals surface area contributed by atoms with Gasteiger partial charge < -0.3 is 9.57 Å². The van der Waals surface area contributed by atoms with E-state index < -0.39 is 0 Å². The number of hydrogen-bond acceptors (Lipinski definition) is 5. The second kappa shape index (κ2) is 5.68. The van der Waals surface area contributed by atoms with E-state index in [4.69, 9.17) is 21.4 Å². The summed E-state index contributed by atoms with van der Waals surface area (Å²) >= 11 is 5.44. The summed E-state index contributed by atoms with van der Waals surface area (Å²) in [6.45, 7) is 0.972. The molecule has 2 aromatic rings. The lowest BCUT2D eigenvalue weighted by Gasteiger charge is -2.11. The van der Waals surface area contributed by atoms with Crippen LogP contribution < -0.4 is 9.57 Å². The molecule has 1 aliphatic heterocycles. The minimum Gasteiger partial charge on any atom is -0.489 e. The van der Waals surface area contributed by atoms with E-state index in [9.17, 15) is 0 Å². The molecule has 0 spiro atoms. The van der Waals surface area contributed by atoms with Crippen LogP contribution >= 0.6 is 11.8 Å². The van der Waals surface area contributed by atoms with Crippen molar-refractivity contribution < 1.29 is 9.57 Å². The maximum Gasteiger partial charge on any atom is 0.166 e. The van der Waals surface area contributed by atoms with Gasteiger partial charge in [0.1, 0.15) is 12.4 Å². The average Bonchev–Trinajstić information content (AvgIpc) is 3.05. The number of hydrogen-bond donors (Lipinski definition) is 1. The van der Waals surface area contributed by atoms with Gasteiger partial charge in [0.15, 0.2) is 6.10 Å². The lowest BCUT2D eigenvalue weighted by Crippen LogP contribution is -2.20. The van der Waals surface area contributed by atoms with Crippen LogP contribution in [0.25, 0.3) is 10.9 Å². The van der Waals surface area contributed by atoms with Crippen LogP contribution in [0.5, 0.6) is 5.75 Å². The standard InChI is InChI=1S/C13H15ClN4O2/c1-18-12-3-2-4-13(11(12)7-16-18)19-8-10-5-9(6-15-14)17-20-10/h2-4,7,10,15H,5-6,8H2,1H3. The number of benzene rings is 1. The summed E-state index contributed by atoms with van der Waals surface area (Å²) in [4.78, 5) is 7.84. The van der Waals surface area contributed by atoms with Crippen LogP contribution in [0.3, 0.4) is 0 Å². The van der Waals surface area contributed by atoms with E-state index in [0.717, 1.165) is 28.8 Å². The van der Waals surface area contributed by atoms with Crippen molar-refractivity contribution in [2.24, 2.45) is 12.2 Å². The zero-order valence-corrected chi connectivity index (χ0v) is 11.8. The second-order valence-corrected chi connectivity index (χ2v) is 4.93. The smallest absolute Gasteiger partial charge is 0.166 e. The van der Waals surface area contributed by atoms with Gasteiger partial charge in [-0.3, -0.25) is 4.68 Å². The molecule has 20 heavy (non-hydrogen) atoms. The fraction of sp³-hybridized carbons (Fsp3) is 0.385. The van der Waals surface area contributed by atoms with E-state index in [1.54, 1.807) is 6.20 Å². The molecule has 1 aliphatic rings. The molecule has 0 fully saturated rings. The van der Waals surface area contributed by atoms with Gasteiger partial charge in [0.2, 0.25) is 0 Å². The molecule has 3 rings (SSSR count). The summed E-state index contributed by atoms with van der Waals surface area (Å²) in [6, 6.07) is 5.89. The number of rotatable bonds is 5. The molecule has 1 unspecified atom stereocenters. The highest BCUT2D eigenvalue weighted by atomic mass is 35.5. The molecular weight excluding hydrogens is 280 g/mol. The Labute approximate surface area is 121 Å². The summed E-state index contributed by atoms with van der Waals surface area (Å²) in [6.07, 6.45) is 2.46. The lowest BCUT2D eigenvalue weighted by atomic mass is 10.2. The van der Waals surface area contributed by atoms with Crippen molar-refractivity contribution in [3.8, 4) is 5.75 Å². The van der Waals surface area contributed by atoms with Crippen LogP contribution in [-0.4, -0.2) is 34.7 Å². The van der Waals surface area contributed by atoms with Crippen molar-refractivity contribution in [2.75, 3.05) is 13.2 Å². The lowest BCUT2D eigenvalue weighted by molar-refractivity contribution is 0.0475. The van der Waals surface area contributed by atoms with Crippen LogP contribution in [0.15, 0.2) is 29.6 Å². The first-order valence-electron chi connectivity index (χ1n) is 6.36. The highest BCUT2D eigenvalue weighted by Crippen LogP contribution is 2.25. The Morgan fingerprint density at radius 2 is 2.45 bits per heavy atom. The summed E-state index contributed by atoms with van der Waals surface area (Å²) in [5.74, 6) is 0.808. The Bertz CT molecular complexity index is 640. The molecule has 106 valence electrons. The molecule has 0 saturated carbocycles. The molecule has 2 heterocycles. The first-order valence-corrected chi connectivity index (χ1v) is 6.74. The number of fused-ring (bicyclic) bond motifs is 1. The Kier molecular flexibility index (Phi) is 3.75. The first kappa shape index (κ1) is 13.2. The summed E-state index contributed by atoms with van der Waals surface area (Å²) < 4.78 is 7.66. The molecule has 7 heteroatoms. The normalized spacial score (nSPS) is 18.1. The zero-order chi connectivity index (χ0) is 13.9. The number of nitrogens with zero attached hydrogens (tertiary/aromatic N) is 3. The highest BCUT2D eigenvalue weighted by Gasteiger charge is 2.21. The number of aromatic nitrogens is 2. The van der Waals surface area contributed by atoms with Crippen LogP contribution in [-0.2, 0) is 11.9 Å². The molecule has 0 radical (unpaired) electrons. The Hall–Kier alpha value is -1.79. The van der Waals surface area contributed by atoms with E-state index in [1.807, 2.05) is 29.9 Å². The van der Waals surface area contributed by atoms with Gasteiger partial charge in [-0.25, -0.2) is 4.84 Å². The number of halogens is 1. The van der Waals surface area contributed by atoms with Crippen molar-refractivity contribution in [3.05, 3.63) is 24.4 Å². The molecule has 1 atom stereocenters. The predicted octanol–water partition coefficient (Wildman–Crippen LogP) is 1.84. The maximum atomic E-state index is 5.84. The fourth-order valence-electron chi connectivity index (χ4n) is 2.22. The number of aryl methyl sites for hydroxylation is 1. The zero-order valence-electron chi connectivity index (χ0n) is 11.0. The van der Waals surface area contributed by atoms with E-state index >= 15 is 0 Å². The Balaban J connectivity index is 1.64. The molecular formula is C13H15ClN4O2. The van der Waals surface area contributed by atoms with Crippen LogP contribution in [0.2, 0.25) is 0 Å². The summed E-state index contributed by atoms with van der Waals surface area (Å²) in [7, 11) is 1.91.